The molecule has 78 valence electrons. The number of nitrogens with zero attached hydrogens (tertiary/aromatic N) is 1. The van der Waals surface area contributed by atoms with E-state index >= 15 is 0 Å². The Bertz CT molecular complexity index is 388. The molecule has 2 rings (SSSR count). The van der Waals surface area contributed by atoms with Gasteiger partial charge in [-0.2, -0.15) is 0 Å². The van der Waals surface area contributed by atoms with Gasteiger partial charge in [0, 0.05) is 6.54 Å². The van der Waals surface area contributed by atoms with Gasteiger partial charge in [0.25, 0.3) is 0 Å². The van der Waals surface area contributed by atoms with Crippen molar-refractivity contribution in [3.63, 3.8) is 0 Å². The Morgan fingerprint density at radius 1 is 1.29 bits per heavy atom. The van der Waals surface area contributed by atoms with Crippen LogP contribution in [0.1, 0.15) is 19.3 Å². The van der Waals surface area contributed by atoms with E-state index < -0.39 is 11.4 Å². The smallest absolute Gasteiger partial charge is 0.344 e. The van der Waals surface area contributed by atoms with Crippen molar-refractivity contribution < 1.29 is 5.11 Å². The Morgan fingerprint density at radius 3 is 2.43 bits per heavy atom. The first-order valence-corrected chi connectivity index (χ1v) is 4.72. The summed E-state index contributed by atoms with van der Waals surface area (Å²) in [7, 11) is 0. The van der Waals surface area contributed by atoms with Crippen molar-refractivity contribution in [2.75, 3.05) is 0 Å². The summed E-state index contributed by atoms with van der Waals surface area (Å²) in [6.45, 7) is 0.398. The van der Waals surface area contributed by atoms with Crippen LogP contribution in [-0.4, -0.2) is 26.0 Å². The molecule has 1 aliphatic rings. The average Bonchev–Trinajstić information content (AvgIpc) is 2.67. The number of aliphatic hydroxyl groups is 1. The molecule has 0 aliphatic heterocycles. The highest BCUT2D eigenvalue weighted by molar-refractivity contribution is 4.77. The summed E-state index contributed by atoms with van der Waals surface area (Å²) >= 11 is 0. The molecule has 0 aromatic carbocycles. The molecule has 3 N–H and O–H groups in total. The van der Waals surface area contributed by atoms with E-state index in [1.807, 2.05) is 0 Å². The summed E-state index contributed by atoms with van der Waals surface area (Å²) in [6.07, 6.45) is 2.05. The van der Waals surface area contributed by atoms with Crippen LogP contribution in [0, 0.1) is 5.92 Å². The molecule has 6 heteroatoms. The van der Waals surface area contributed by atoms with Gasteiger partial charge in [-0.25, -0.2) is 24.4 Å². The molecule has 1 aliphatic carbocycles. The monoisotopic (exact) mass is 199 g/mol. The van der Waals surface area contributed by atoms with Crippen LogP contribution >= 0.6 is 0 Å². The molecule has 0 spiro atoms. The molecule has 1 saturated carbocycles. The molecule has 0 saturated heterocycles. The fourth-order valence-electron chi connectivity index (χ4n) is 1.97. The van der Waals surface area contributed by atoms with Crippen molar-refractivity contribution in [2.45, 2.75) is 31.9 Å². The van der Waals surface area contributed by atoms with Crippen LogP contribution in [0.4, 0.5) is 0 Å². The van der Waals surface area contributed by atoms with E-state index in [0.717, 1.165) is 17.4 Å². The van der Waals surface area contributed by atoms with E-state index in [4.69, 9.17) is 0 Å². The maximum absolute atomic E-state index is 11.1. The van der Waals surface area contributed by atoms with Gasteiger partial charge in [0.2, 0.25) is 0 Å². The van der Waals surface area contributed by atoms with Crippen LogP contribution < -0.4 is 11.4 Å². The van der Waals surface area contributed by atoms with Gasteiger partial charge in [0.1, 0.15) is 0 Å². The second kappa shape index (κ2) is 3.45. The Hall–Kier alpha value is -1.30. The predicted octanol–water partition coefficient (Wildman–Crippen LogP) is -0.974. The van der Waals surface area contributed by atoms with E-state index in [0.29, 0.717) is 13.0 Å². The van der Waals surface area contributed by atoms with Crippen LogP contribution in [0.3, 0.4) is 0 Å². The lowest BCUT2D eigenvalue weighted by atomic mass is 10.1. The molecule has 6 nitrogen and oxygen atoms in total. The number of aromatic nitrogens is 3. The zero-order valence-electron chi connectivity index (χ0n) is 7.69. The highest BCUT2D eigenvalue weighted by Gasteiger charge is 2.24. The van der Waals surface area contributed by atoms with Crippen molar-refractivity contribution >= 4 is 0 Å². The molecule has 1 heterocycles. The average molecular weight is 199 g/mol. The molecule has 0 radical (unpaired) electrons. The quantitative estimate of drug-likeness (QED) is 0.572. The van der Waals surface area contributed by atoms with Gasteiger partial charge >= 0.3 is 11.4 Å². The maximum atomic E-state index is 11.1. The standard InChI is InChI=1S/C8H13N3O3/c12-6-2-1-5(3-6)4-11-7(13)9-10-8(11)14/h5-6,12H,1-4H2,(H,9,13)(H,10,14). The third-order valence-corrected chi connectivity index (χ3v) is 2.72. The Kier molecular flexibility index (Phi) is 2.28. The van der Waals surface area contributed by atoms with Crippen molar-refractivity contribution in [1.82, 2.24) is 14.8 Å². The lowest BCUT2D eigenvalue weighted by molar-refractivity contribution is 0.176. The summed E-state index contributed by atoms with van der Waals surface area (Å²) in [5.74, 6) is 0.236. The molecule has 2 atom stereocenters. The number of hydrogen-bond donors (Lipinski definition) is 3. The van der Waals surface area contributed by atoms with E-state index in [-0.39, 0.29) is 12.0 Å². The fraction of sp³-hybridized carbons (Fsp3) is 0.750. The molecule has 0 bridgehead atoms. The first-order chi connectivity index (χ1) is 6.66. The second-order valence-electron chi connectivity index (χ2n) is 3.80. The normalized spacial score (nSPS) is 26.9. The number of hydrogen-bond acceptors (Lipinski definition) is 3. The lowest BCUT2D eigenvalue weighted by Crippen LogP contribution is -2.29. The van der Waals surface area contributed by atoms with Gasteiger partial charge in [0.15, 0.2) is 0 Å². The number of rotatable bonds is 2. The number of aliphatic hydroxyl groups excluding tert-OH is 1. The van der Waals surface area contributed by atoms with Crippen molar-refractivity contribution in [2.24, 2.45) is 5.92 Å². The Balaban J connectivity index is 2.11. The zero-order chi connectivity index (χ0) is 10.1. The molecule has 1 fully saturated rings. The minimum atomic E-state index is -0.406. The second-order valence-corrected chi connectivity index (χ2v) is 3.80. The first kappa shape index (κ1) is 9.26. The van der Waals surface area contributed by atoms with Crippen LogP contribution in [0.5, 0.6) is 0 Å². The molecule has 2 unspecified atom stereocenters. The number of H-pyrrole nitrogens is 2. The maximum Gasteiger partial charge on any atom is 0.344 e. The third-order valence-electron chi connectivity index (χ3n) is 2.72. The fourth-order valence-corrected chi connectivity index (χ4v) is 1.97. The van der Waals surface area contributed by atoms with Gasteiger partial charge in [-0.3, -0.25) is 0 Å². The summed E-state index contributed by atoms with van der Waals surface area (Å²) < 4.78 is 1.14. The minimum absolute atomic E-state index is 0.236. The largest absolute Gasteiger partial charge is 0.393 e. The molecule has 1 aromatic heterocycles. The topological polar surface area (TPSA) is 90.9 Å². The molecular formula is C8H13N3O3. The minimum Gasteiger partial charge on any atom is -0.393 e. The van der Waals surface area contributed by atoms with Gasteiger partial charge in [-0.1, -0.05) is 0 Å². The van der Waals surface area contributed by atoms with Gasteiger partial charge in [-0.15, -0.1) is 0 Å². The number of nitrogens with one attached hydrogen (secondary N) is 2. The van der Waals surface area contributed by atoms with Crippen LogP contribution in [-0.2, 0) is 6.54 Å². The molecule has 14 heavy (non-hydrogen) atoms. The van der Waals surface area contributed by atoms with Crippen molar-refractivity contribution in [3.8, 4) is 0 Å². The van der Waals surface area contributed by atoms with Gasteiger partial charge in [-0.05, 0) is 25.2 Å². The number of aromatic amines is 2. The Morgan fingerprint density at radius 2 is 1.93 bits per heavy atom. The first-order valence-electron chi connectivity index (χ1n) is 4.72. The molecule has 0 amide bonds. The molecule has 1 aromatic rings. The Labute approximate surface area is 79.6 Å². The van der Waals surface area contributed by atoms with Crippen LogP contribution in [0.25, 0.3) is 0 Å². The van der Waals surface area contributed by atoms with Crippen molar-refractivity contribution in [1.29, 1.82) is 0 Å². The van der Waals surface area contributed by atoms with E-state index in [2.05, 4.69) is 10.2 Å². The highest BCUT2D eigenvalue weighted by Crippen LogP contribution is 2.25. The van der Waals surface area contributed by atoms with Gasteiger partial charge in [0.05, 0.1) is 6.10 Å². The van der Waals surface area contributed by atoms with E-state index in [1.54, 1.807) is 0 Å². The predicted molar refractivity (Wildman–Crippen MR) is 49.0 cm³/mol. The van der Waals surface area contributed by atoms with Crippen molar-refractivity contribution in [3.05, 3.63) is 21.0 Å². The third kappa shape index (κ3) is 1.65. The zero-order valence-corrected chi connectivity index (χ0v) is 7.69. The van der Waals surface area contributed by atoms with E-state index in [9.17, 15) is 14.7 Å². The molecular weight excluding hydrogens is 186 g/mol. The van der Waals surface area contributed by atoms with Crippen LogP contribution in [0.2, 0.25) is 0 Å². The summed E-state index contributed by atoms with van der Waals surface area (Å²) in [4.78, 5) is 22.2. The lowest BCUT2D eigenvalue weighted by Gasteiger charge is -2.07. The highest BCUT2D eigenvalue weighted by atomic mass is 16.3. The van der Waals surface area contributed by atoms with Gasteiger partial charge < -0.3 is 5.11 Å². The summed E-state index contributed by atoms with van der Waals surface area (Å²) in [5, 5.41) is 13.7. The summed E-state index contributed by atoms with van der Waals surface area (Å²) in [5.41, 5.74) is -0.812. The summed E-state index contributed by atoms with van der Waals surface area (Å²) in [6, 6.07) is 0. The SMILES string of the molecule is O=c1[nH][nH]c(=O)n1CC1CCC(O)C1. The van der Waals surface area contributed by atoms with E-state index in [1.165, 1.54) is 0 Å². The van der Waals surface area contributed by atoms with Crippen LogP contribution in [0.15, 0.2) is 9.59 Å².